The molecule has 0 atom stereocenters. The fraction of sp³-hybridized carbons (Fsp3) is 0.583. The van der Waals surface area contributed by atoms with Gasteiger partial charge in [0, 0.05) is 13.2 Å². The van der Waals surface area contributed by atoms with Crippen molar-refractivity contribution >= 4 is 18.0 Å². The van der Waals surface area contributed by atoms with E-state index < -0.39 is 18.0 Å². The molecule has 0 spiro atoms. The Balaban J connectivity index is 3.46. The zero-order valence-corrected chi connectivity index (χ0v) is 11.4. The van der Waals surface area contributed by atoms with Crippen LogP contribution < -0.4 is 5.32 Å². The molecule has 0 aliphatic heterocycles. The zero-order chi connectivity index (χ0) is 15.2. The maximum absolute atomic E-state index is 11.1. The summed E-state index contributed by atoms with van der Waals surface area (Å²) < 4.78 is 18.8. The van der Waals surface area contributed by atoms with Crippen molar-refractivity contribution in [3.05, 3.63) is 12.7 Å². The van der Waals surface area contributed by atoms with Crippen LogP contribution >= 0.6 is 0 Å². The first kappa shape index (κ1) is 17.9. The third-order valence-electron chi connectivity index (χ3n) is 1.87. The largest absolute Gasteiger partial charge is 0.463 e. The number of alkyl carbamates (subject to hydrolysis) is 1. The van der Waals surface area contributed by atoms with Crippen molar-refractivity contribution in [1.29, 1.82) is 0 Å². The highest BCUT2D eigenvalue weighted by Gasteiger charge is 2.06. The zero-order valence-electron chi connectivity index (χ0n) is 11.4. The highest BCUT2D eigenvalue weighted by atomic mass is 16.6. The molecule has 0 unspecified atom stereocenters. The van der Waals surface area contributed by atoms with Gasteiger partial charge < -0.3 is 24.3 Å². The summed E-state index contributed by atoms with van der Waals surface area (Å²) in [5, 5.41) is 2.34. The smallest absolute Gasteiger partial charge is 0.407 e. The Morgan fingerprint density at radius 1 is 1.05 bits per heavy atom. The maximum atomic E-state index is 11.1. The molecular formula is C12H19NO7. The van der Waals surface area contributed by atoms with Gasteiger partial charge in [-0.25, -0.2) is 9.59 Å². The maximum Gasteiger partial charge on any atom is 0.407 e. The normalized spacial score (nSPS) is 9.45. The molecule has 1 N–H and O–H groups in total. The molecule has 0 heterocycles. The molecule has 0 aliphatic rings. The lowest BCUT2D eigenvalue weighted by atomic mass is 10.5. The quantitative estimate of drug-likeness (QED) is 0.262. The molecule has 114 valence electrons. The Labute approximate surface area is 117 Å². The number of ether oxygens (including phenoxy) is 4. The van der Waals surface area contributed by atoms with Gasteiger partial charge in [-0.15, -0.1) is 0 Å². The van der Waals surface area contributed by atoms with E-state index >= 15 is 0 Å². The molecule has 0 aromatic carbocycles. The number of rotatable bonds is 10. The van der Waals surface area contributed by atoms with Gasteiger partial charge in [0.1, 0.15) is 19.8 Å². The molecule has 1 amide bonds. The SMILES string of the molecule is C=CC(=O)OCCNC(=O)OCCC(=O)OCCOC. The Bertz CT molecular complexity index is 330. The van der Waals surface area contributed by atoms with Crippen LogP contribution in [0.1, 0.15) is 6.42 Å². The van der Waals surface area contributed by atoms with Crippen LogP contribution in [0.15, 0.2) is 12.7 Å². The third-order valence-corrected chi connectivity index (χ3v) is 1.87. The molecule has 0 fully saturated rings. The fourth-order valence-corrected chi connectivity index (χ4v) is 0.953. The summed E-state index contributed by atoms with van der Waals surface area (Å²) in [6.45, 7) is 3.73. The minimum Gasteiger partial charge on any atom is -0.463 e. The van der Waals surface area contributed by atoms with Crippen molar-refractivity contribution in [3.63, 3.8) is 0 Å². The Hall–Kier alpha value is -2.09. The molecule has 8 nitrogen and oxygen atoms in total. The third kappa shape index (κ3) is 11.0. The van der Waals surface area contributed by atoms with E-state index in [9.17, 15) is 14.4 Å². The number of amides is 1. The van der Waals surface area contributed by atoms with E-state index in [1.165, 1.54) is 7.11 Å². The van der Waals surface area contributed by atoms with Crippen molar-refractivity contribution < 1.29 is 33.3 Å². The van der Waals surface area contributed by atoms with E-state index in [1.807, 2.05) is 0 Å². The summed E-state index contributed by atoms with van der Waals surface area (Å²) in [6.07, 6.45) is 0.278. The average Bonchev–Trinajstić information content (AvgIpc) is 2.43. The van der Waals surface area contributed by atoms with Gasteiger partial charge >= 0.3 is 18.0 Å². The van der Waals surface area contributed by atoms with E-state index in [0.717, 1.165) is 6.08 Å². The summed E-state index contributed by atoms with van der Waals surface area (Å²) in [4.78, 5) is 32.9. The fourth-order valence-electron chi connectivity index (χ4n) is 0.953. The van der Waals surface area contributed by atoms with E-state index in [4.69, 9.17) is 14.2 Å². The predicted molar refractivity (Wildman–Crippen MR) is 68.0 cm³/mol. The number of carbonyl (C=O) groups is 3. The second-order valence-corrected chi connectivity index (χ2v) is 3.40. The molecular weight excluding hydrogens is 270 g/mol. The summed E-state index contributed by atoms with van der Waals surface area (Å²) in [5.74, 6) is -1.05. The molecule has 0 saturated carbocycles. The first-order chi connectivity index (χ1) is 9.60. The van der Waals surface area contributed by atoms with Crippen LogP contribution in [0.4, 0.5) is 4.79 Å². The van der Waals surface area contributed by atoms with Gasteiger partial charge in [-0.2, -0.15) is 0 Å². The van der Waals surface area contributed by atoms with Crippen molar-refractivity contribution in [2.45, 2.75) is 6.42 Å². The molecule has 0 aromatic heterocycles. The predicted octanol–water partition coefficient (Wildman–Crippen LogP) is 0.0215. The van der Waals surface area contributed by atoms with Crippen molar-refractivity contribution in [2.75, 3.05) is 40.1 Å². The van der Waals surface area contributed by atoms with Crippen LogP contribution in [-0.4, -0.2) is 58.1 Å². The van der Waals surface area contributed by atoms with E-state index in [2.05, 4.69) is 16.6 Å². The first-order valence-electron chi connectivity index (χ1n) is 5.94. The van der Waals surface area contributed by atoms with Crippen LogP contribution in [0.5, 0.6) is 0 Å². The van der Waals surface area contributed by atoms with Gasteiger partial charge in [-0.1, -0.05) is 6.58 Å². The number of hydrogen-bond donors (Lipinski definition) is 1. The standard InChI is InChI=1S/C12H19NO7/c1-3-10(14)18-7-5-13-12(16)20-6-4-11(15)19-9-8-17-2/h3H,1,4-9H2,2H3,(H,13,16). The topological polar surface area (TPSA) is 100 Å². The lowest BCUT2D eigenvalue weighted by molar-refractivity contribution is -0.145. The lowest BCUT2D eigenvalue weighted by Crippen LogP contribution is -2.29. The monoisotopic (exact) mass is 289 g/mol. The van der Waals surface area contributed by atoms with E-state index in [-0.39, 0.29) is 32.8 Å². The molecule has 0 rings (SSSR count). The molecule has 0 aliphatic carbocycles. The summed E-state index contributed by atoms with van der Waals surface area (Å²) in [5.41, 5.74) is 0. The highest BCUT2D eigenvalue weighted by Crippen LogP contribution is 1.89. The molecule has 0 aromatic rings. The number of carbonyl (C=O) groups excluding carboxylic acids is 3. The second-order valence-electron chi connectivity index (χ2n) is 3.40. The van der Waals surface area contributed by atoms with E-state index in [1.54, 1.807) is 0 Å². The minimum absolute atomic E-state index is 0.0129. The second kappa shape index (κ2) is 12.0. The van der Waals surface area contributed by atoms with Crippen molar-refractivity contribution in [1.82, 2.24) is 5.32 Å². The molecule has 8 heteroatoms. The number of esters is 2. The van der Waals surface area contributed by atoms with Gasteiger partial charge in [0.05, 0.1) is 19.6 Å². The van der Waals surface area contributed by atoms with Gasteiger partial charge in [-0.05, 0) is 0 Å². The Kier molecular flexibility index (Phi) is 10.7. The minimum atomic E-state index is -0.704. The van der Waals surface area contributed by atoms with Gasteiger partial charge in [0.2, 0.25) is 0 Å². The van der Waals surface area contributed by atoms with Crippen LogP contribution in [0, 0.1) is 0 Å². The highest BCUT2D eigenvalue weighted by molar-refractivity contribution is 5.81. The molecule has 0 radical (unpaired) electrons. The van der Waals surface area contributed by atoms with Crippen LogP contribution in [0.2, 0.25) is 0 Å². The molecule has 0 bridgehead atoms. The van der Waals surface area contributed by atoms with Gasteiger partial charge in [0.15, 0.2) is 0 Å². The van der Waals surface area contributed by atoms with E-state index in [0.29, 0.717) is 6.61 Å². The van der Waals surface area contributed by atoms with Crippen molar-refractivity contribution in [2.24, 2.45) is 0 Å². The first-order valence-corrected chi connectivity index (χ1v) is 5.94. The summed E-state index contributed by atoms with van der Waals surface area (Å²) >= 11 is 0. The van der Waals surface area contributed by atoms with Gasteiger partial charge in [-0.3, -0.25) is 4.79 Å². The number of hydrogen-bond acceptors (Lipinski definition) is 7. The average molecular weight is 289 g/mol. The summed E-state index contributed by atoms with van der Waals surface area (Å²) in [6, 6.07) is 0. The lowest BCUT2D eigenvalue weighted by Gasteiger charge is -2.07. The number of nitrogens with one attached hydrogen (secondary N) is 1. The van der Waals surface area contributed by atoms with Crippen LogP contribution in [0.3, 0.4) is 0 Å². The Morgan fingerprint density at radius 2 is 1.80 bits per heavy atom. The molecule has 20 heavy (non-hydrogen) atoms. The van der Waals surface area contributed by atoms with Gasteiger partial charge in [0.25, 0.3) is 0 Å². The number of methoxy groups -OCH3 is 1. The van der Waals surface area contributed by atoms with Crippen LogP contribution in [-0.2, 0) is 28.5 Å². The summed E-state index contributed by atoms with van der Waals surface area (Å²) in [7, 11) is 1.49. The van der Waals surface area contributed by atoms with Crippen molar-refractivity contribution in [3.8, 4) is 0 Å². The molecule has 0 saturated heterocycles. The van der Waals surface area contributed by atoms with Crippen LogP contribution in [0.25, 0.3) is 0 Å². The Morgan fingerprint density at radius 3 is 2.45 bits per heavy atom.